The minimum atomic E-state index is -3.08. The van der Waals surface area contributed by atoms with Crippen molar-refractivity contribution in [3.05, 3.63) is 0 Å². The number of nitrogens with two attached hydrogens (primary N) is 1. The molecule has 2 aliphatic heterocycles. The van der Waals surface area contributed by atoms with Crippen LogP contribution in [0.25, 0.3) is 0 Å². The van der Waals surface area contributed by atoms with Gasteiger partial charge >= 0.3 is 0 Å². The highest BCUT2D eigenvalue weighted by Crippen LogP contribution is 2.26. The van der Waals surface area contributed by atoms with E-state index in [0.717, 1.165) is 38.7 Å². The fourth-order valence-electron chi connectivity index (χ4n) is 3.29. The quantitative estimate of drug-likeness (QED) is 0.569. The van der Waals surface area contributed by atoms with E-state index in [1.54, 1.807) is 4.31 Å². The van der Waals surface area contributed by atoms with E-state index in [-0.39, 0.29) is 12.1 Å². The van der Waals surface area contributed by atoms with Gasteiger partial charge in [-0.1, -0.05) is 0 Å². The molecule has 3 N–H and O–H groups in total. The largest absolute Gasteiger partial charge is 0.377 e. The Morgan fingerprint density at radius 2 is 2.15 bits per heavy atom. The van der Waals surface area contributed by atoms with Crippen LogP contribution in [0.3, 0.4) is 0 Å². The molecule has 2 aliphatic rings. The first-order valence-electron chi connectivity index (χ1n) is 7.53. The zero-order chi connectivity index (χ0) is 14.6. The fourth-order valence-corrected chi connectivity index (χ4v) is 4.23. The molecule has 0 aromatic rings. The van der Waals surface area contributed by atoms with Crippen LogP contribution in [0.15, 0.2) is 0 Å². The van der Waals surface area contributed by atoms with Gasteiger partial charge in [0, 0.05) is 25.7 Å². The number of piperidine rings is 1. The van der Waals surface area contributed by atoms with E-state index >= 15 is 0 Å². The van der Waals surface area contributed by atoms with E-state index < -0.39 is 10.0 Å². The smallest absolute Gasteiger partial charge is 0.211 e. The predicted molar refractivity (Wildman–Crippen MR) is 78.5 cm³/mol. The molecule has 3 unspecified atom stereocenters. The minimum Gasteiger partial charge on any atom is -0.377 e. The normalized spacial score (nSPS) is 31.1. The van der Waals surface area contributed by atoms with E-state index in [1.165, 1.54) is 12.7 Å². The van der Waals surface area contributed by atoms with Crippen LogP contribution in [0, 0.1) is 5.92 Å². The second kappa shape index (κ2) is 7.17. The maximum absolute atomic E-state index is 11.6. The summed E-state index contributed by atoms with van der Waals surface area (Å²) in [5, 5.41) is 0. The lowest BCUT2D eigenvalue weighted by atomic mass is 9.89. The van der Waals surface area contributed by atoms with Gasteiger partial charge in [-0.2, -0.15) is 0 Å². The molecule has 2 fully saturated rings. The molecule has 7 heteroatoms. The van der Waals surface area contributed by atoms with Crippen LogP contribution < -0.4 is 11.3 Å². The van der Waals surface area contributed by atoms with E-state index in [1.807, 2.05) is 0 Å². The Kier molecular flexibility index (Phi) is 5.80. The monoisotopic (exact) mass is 305 g/mol. The number of hydrogen-bond acceptors (Lipinski definition) is 5. The number of hydrogen-bond donors (Lipinski definition) is 2. The van der Waals surface area contributed by atoms with Crippen LogP contribution >= 0.6 is 0 Å². The van der Waals surface area contributed by atoms with Gasteiger partial charge in [0.15, 0.2) is 0 Å². The van der Waals surface area contributed by atoms with Crippen molar-refractivity contribution >= 4 is 10.0 Å². The lowest BCUT2D eigenvalue weighted by Gasteiger charge is -2.36. The Bertz CT molecular complexity index is 396. The summed E-state index contributed by atoms with van der Waals surface area (Å²) in [4.78, 5) is 0. The Balaban J connectivity index is 1.90. The molecule has 0 aliphatic carbocycles. The fraction of sp³-hybridized carbons (Fsp3) is 1.00. The van der Waals surface area contributed by atoms with Crippen LogP contribution in [-0.2, 0) is 14.8 Å². The van der Waals surface area contributed by atoms with Gasteiger partial charge in [0.05, 0.1) is 12.4 Å². The molecule has 118 valence electrons. The van der Waals surface area contributed by atoms with Crippen molar-refractivity contribution in [2.45, 2.75) is 50.7 Å². The zero-order valence-corrected chi connectivity index (χ0v) is 13.1. The lowest BCUT2D eigenvalue weighted by molar-refractivity contribution is -0.0142. The van der Waals surface area contributed by atoms with E-state index in [9.17, 15) is 8.42 Å². The Morgan fingerprint density at radius 3 is 2.75 bits per heavy atom. The van der Waals surface area contributed by atoms with Gasteiger partial charge in [-0.15, -0.1) is 0 Å². The van der Waals surface area contributed by atoms with Crippen molar-refractivity contribution in [1.82, 2.24) is 9.73 Å². The van der Waals surface area contributed by atoms with Gasteiger partial charge in [-0.3, -0.25) is 11.3 Å². The highest BCUT2D eigenvalue weighted by atomic mass is 32.2. The number of ether oxygens (including phenoxy) is 1. The van der Waals surface area contributed by atoms with Crippen LogP contribution in [0.1, 0.15) is 38.5 Å². The van der Waals surface area contributed by atoms with Crippen molar-refractivity contribution in [3.8, 4) is 0 Å². The van der Waals surface area contributed by atoms with Gasteiger partial charge < -0.3 is 4.74 Å². The van der Waals surface area contributed by atoms with Crippen molar-refractivity contribution in [2.24, 2.45) is 11.8 Å². The topological polar surface area (TPSA) is 84.7 Å². The second-order valence-corrected chi connectivity index (χ2v) is 8.03. The number of rotatable bonds is 5. The molecule has 2 heterocycles. The van der Waals surface area contributed by atoms with Gasteiger partial charge in [0.25, 0.3) is 0 Å². The van der Waals surface area contributed by atoms with Crippen molar-refractivity contribution in [1.29, 1.82) is 0 Å². The van der Waals surface area contributed by atoms with Gasteiger partial charge in [0.2, 0.25) is 10.0 Å². The van der Waals surface area contributed by atoms with Gasteiger partial charge in [-0.25, -0.2) is 12.7 Å². The van der Waals surface area contributed by atoms with Crippen molar-refractivity contribution in [2.75, 3.05) is 26.0 Å². The van der Waals surface area contributed by atoms with Gasteiger partial charge in [-0.05, 0) is 44.4 Å². The SMILES string of the molecule is CS(=O)(=O)N1CCCC(CC(NN)C2CCCCO2)C1. The van der Waals surface area contributed by atoms with Crippen LogP contribution in [0.4, 0.5) is 0 Å². The van der Waals surface area contributed by atoms with E-state index in [2.05, 4.69) is 5.43 Å². The molecule has 0 spiro atoms. The summed E-state index contributed by atoms with van der Waals surface area (Å²) in [6, 6.07) is 0.125. The zero-order valence-electron chi connectivity index (χ0n) is 12.3. The van der Waals surface area contributed by atoms with Gasteiger partial charge in [0.1, 0.15) is 0 Å². The molecule has 0 bridgehead atoms. The molecule has 3 atom stereocenters. The Labute approximate surface area is 122 Å². The molecule has 0 radical (unpaired) electrons. The first-order valence-corrected chi connectivity index (χ1v) is 9.38. The summed E-state index contributed by atoms with van der Waals surface area (Å²) in [5.41, 5.74) is 2.88. The summed E-state index contributed by atoms with van der Waals surface area (Å²) in [5.74, 6) is 6.05. The molecule has 0 aromatic heterocycles. The Morgan fingerprint density at radius 1 is 1.35 bits per heavy atom. The molecule has 0 aromatic carbocycles. The second-order valence-electron chi connectivity index (χ2n) is 6.04. The first kappa shape index (κ1) is 16.2. The number of nitrogens with zero attached hydrogens (tertiary/aromatic N) is 1. The summed E-state index contributed by atoms with van der Waals surface area (Å²) in [6.45, 7) is 2.07. The summed E-state index contributed by atoms with van der Waals surface area (Å²) in [7, 11) is -3.08. The molecular formula is C13H27N3O3S. The third-order valence-electron chi connectivity index (χ3n) is 4.42. The highest BCUT2D eigenvalue weighted by molar-refractivity contribution is 7.88. The van der Waals surface area contributed by atoms with E-state index in [0.29, 0.717) is 19.0 Å². The minimum absolute atomic E-state index is 0.125. The van der Waals surface area contributed by atoms with Crippen molar-refractivity contribution < 1.29 is 13.2 Å². The number of nitrogens with one attached hydrogen (secondary N) is 1. The molecule has 0 saturated carbocycles. The Hall–Kier alpha value is -0.210. The molecule has 0 amide bonds. The molecular weight excluding hydrogens is 278 g/mol. The first-order chi connectivity index (χ1) is 9.50. The predicted octanol–water partition coefficient (Wildman–Crippen LogP) is 0.449. The summed E-state index contributed by atoms with van der Waals surface area (Å²) < 4.78 is 30.7. The molecule has 2 saturated heterocycles. The molecule has 6 nitrogen and oxygen atoms in total. The lowest BCUT2D eigenvalue weighted by Crippen LogP contribution is -2.49. The average molecular weight is 305 g/mol. The number of hydrazine groups is 1. The standard InChI is InChI=1S/C13H27N3O3S/c1-20(17,18)16-7-4-5-11(10-16)9-12(15-14)13-6-2-3-8-19-13/h11-13,15H,2-10,14H2,1H3. The van der Waals surface area contributed by atoms with E-state index in [4.69, 9.17) is 10.6 Å². The third-order valence-corrected chi connectivity index (χ3v) is 5.69. The number of sulfonamides is 1. The maximum Gasteiger partial charge on any atom is 0.211 e. The summed E-state index contributed by atoms with van der Waals surface area (Å²) >= 11 is 0. The maximum atomic E-state index is 11.6. The average Bonchev–Trinajstić information content (AvgIpc) is 2.45. The summed E-state index contributed by atoms with van der Waals surface area (Å²) in [6.07, 6.45) is 7.69. The third kappa shape index (κ3) is 4.39. The van der Waals surface area contributed by atoms with Crippen molar-refractivity contribution in [3.63, 3.8) is 0 Å². The van der Waals surface area contributed by atoms with Crippen LogP contribution in [0.2, 0.25) is 0 Å². The molecule has 20 heavy (non-hydrogen) atoms. The molecule has 2 rings (SSSR count). The van der Waals surface area contributed by atoms with Crippen LogP contribution in [-0.4, -0.2) is 50.8 Å². The highest BCUT2D eigenvalue weighted by Gasteiger charge is 2.31. The van der Waals surface area contributed by atoms with Crippen LogP contribution in [0.5, 0.6) is 0 Å².